The van der Waals surface area contributed by atoms with Gasteiger partial charge in [0, 0.05) is 12.0 Å². The van der Waals surface area contributed by atoms with Crippen LogP contribution in [0.15, 0.2) is 18.2 Å². The first-order chi connectivity index (χ1) is 14.3. The Kier molecular flexibility index (Phi) is 4.46. The molecule has 162 valence electrons. The monoisotopic (exact) mass is 414 g/mol. The summed E-state index contributed by atoms with van der Waals surface area (Å²) >= 11 is 0. The predicted molar refractivity (Wildman–Crippen MR) is 111 cm³/mol. The Morgan fingerprint density at radius 1 is 1.23 bits per heavy atom. The lowest BCUT2D eigenvalue weighted by molar-refractivity contribution is -0.249. The highest BCUT2D eigenvalue weighted by atomic mass is 16.8. The van der Waals surface area contributed by atoms with Gasteiger partial charge < -0.3 is 23.7 Å². The molecule has 30 heavy (non-hydrogen) atoms. The fraction of sp³-hybridized carbons (Fsp3) is 0.625. The molecule has 0 unspecified atom stereocenters. The van der Waals surface area contributed by atoms with E-state index in [1.165, 1.54) is 0 Å². The van der Waals surface area contributed by atoms with Crippen molar-refractivity contribution in [2.45, 2.75) is 57.3 Å². The molecule has 6 heteroatoms. The number of hydrogen-bond acceptors (Lipinski definition) is 6. The molecule has 0 N–H and O–H groups in total. The summed E-state index contributed by atoms with van der Waals surface area (Å²) in [5, 5.41) is 0. The Morgan fingerprint density at radius 3 is 2.70 bits per heavy atom. The Bertz CT molecular complexity index is 892. The smallest absolute Gasteiger partial charge is 0.311 e. The number of rotatable bonds is 4. The molecule has 2 aliphatic carbocycles. The van der Waals surface area contributed by atoms with Crippen molar-refractivity contribution in [1.82, 2.24) is 0 Å². The minimum absolute atomic E-state index is 0.191. The van der Waals surface area contributed by atoms with Gasteiger partial charge in [0.15, 0.2) is 17.6 Å². The molecule has 3 atom stereocenters. The van der Waals surface area contributed by atoms with E-state index in [1.807, 2.05) is 26.8 Å². The maximum absolute atomic E-state index is 12.4. The van der Waals surface area contributed by atoms with Gasteiger partial charge in [0.05, 0.1) is 37.8 Å². The molecule has 1 aromatic rings. The third kappa shape index (κ3) is 2.66. The van der Waals surface area contributed by atoms with E-state index >= 15 is 0 Å². The van der Waals surface area contributed by atoms with E-state index in [1.54, 1.807) is 7.11 Å². The van der Waals surface area contributed by atoms with E-state index in [9.17, 15) is 4.79 Å². The molecular formula is C24H30O6. The molecule has 2 aliphatic heterocycles. The lowest BCUT2D eigenvalue weighted by Crippen LogP contribution is -2.62. The van der Waals surface area contributed by atoms with Gasteiger partial charge in [-0.15, -0.1) is 0 Å². The molecule has 0 bridgehead atoms. The van der Waals surface area contributed by atoms with Crippen molar-refractivity contribution in [2.24, 2.45) is 11.3 Å². The summed E-state index contributed by atoms with van der Waals surface area (Å²) in [7, 11) is 1.66. The topological polar surface area (TPSA) is 63.2 Å². The van der Waals surface area contributed by atoms with Gasteiger partial charge in [0.2, 0.25) is 5.79 Å². The van der Waals surface area contributed by atoms with Crippen LogP contribution < -0.4 is 9.47 Å². The molecule has 0 radical (unpaired) electrons. The van der Waals surface area contributed by atoms with Gasteiger partial charge in [0.25, 0.3) is 0 Å². The number of ether oxygens (including phenoxy) is 5. The van der Waals surface area contributed by atoms with Gasteiger partial charge in [-0.3, -0.25) is 4.79 Å². The van der Waals surface area contributed by atoms with Crippen LogP contribution in [0.3, 0.4) is 0 Å². The van der Waals surface area contributed by atoms with E-state index in [0.717, 1.165) is 35.5 Å². The van der Waals surface area contributed by atoms with Crippen LogP contribution in [-0.4, -0.2) is 44.8 Å². The van der Waals surface area contributed by atoms with E-state index in [4.69, 9.17) is 23.7 Å². The minimum atomic E-state index is -0.767. The average molecular weight is 414 g/mol. The molecule has 1 saturated heterocycles. The molecule has 5 rings (SSSR count). The highest BCUT2D eigenvalue weighted by Crippen LogP contribution is 2.64. The summed E-state index contributed by atoms with van der Waals surface area (Å²) in [6, 6.07) is 4.03. The molecule has 6 nitrogen and oxygen atoms in total. The maximum Gasteiger partial charge on any atom is 0.311 e. The normalized spacial score (nSPS) is 30.1. The Balaban J connectivity index is 1.58. The van der Waals surface area contributed by atoms with Gasteiger partial charge in [0.1, 0.15) is 0 Å². The van der Waals surface area contributed by atoms with Crippen molar-refractivity contribution in [1.29, 1.82) is 0 Å². The predicted octanol–water partition coefficient (Wildman–Crippen LogP) is 3.85. The molecular weight excluding hydrogens is 384 g/mol. The second kappa shape index (κ2) is 6.72. The largest absolute Gasteiger partial charge is 0.493 e. The Morgan fingerprint density at radius 2 is 2.00 bits per heavy atom. The second-order valence-corrected chi connectivity index (χ2v) is 9.75. The third-order valence-electron chi connectivity index (χ3n) is 7.05. The molecule has 4 aliphatic rings. The lowest BCUT2D eigenvalue weighted by Gasteiger charge is -2.52. The highest BCUT2D eigenvalue weighted by Gasteiger charge is 2.67. The van der Waals surface area contributed by atoms with Gasteiger partial charge in [-0.05, 0) is 51.2 Å². The summed E-state index contributed by atoms with van der Waals surface area (Å²) in [4.78, 5) is 12.4. The van der Waals surface area contributed by atoms with Crippen LogP contribution >= 0.6 is 0 Å². The minimum Gasteiger partial charge on any atom is -0.493 e. The summed E-state index contributed by atoms with van der Waals surface area (Å²) in [6.07, 6.45) is 6.52. The molecule has 0 amide bonds. The molecule has 2 fully saturated rings. The Hall–Kier alpha value is -2.05. The van der Waals surface area contributed by atoms with Gasteiger partial charge in [-0.2, -0.15) is 0 Å². The maximum atomic E-state index is 12.4. The van der Waals surface area contributed by atoms with Crippen molar-refractivity contribution in [3.63, 3.8) is 0 Å². The van der Waals surface area contributed by atoms with Crippen LogP contribution in [0.2, 0.25) is 0 Å². The molecule has 1 spiro atoms. The highest BCUT2D eigenvalue weighted by molar-refractivity contribution is 5.75. The first-order valence-electron chi connectivity index (χ1n) is 10.8. The number of allylic oxidation sites excluding steroid dienone is 1. The fourth-order valence-electron chi connectivity index (χ4n) is 5.66. The third-order valence-corrected chi connectivity index (χ3v) is 7.05. The second-order valence-electron chi connectivity index (χ2n) is 9.75. The van der Waals surface area contributed by atoms with Gasteiger partial charge in [-0.25, -0.2) is 0 Å². The number of carbonyl (C=O) groups is 1. The number of methoxy groups -OCH3 is 1. The first-order valence-corrected chi connectivity index (χ1v) is 10.8. The van der Waals surface area contributed by atoms with Gasteiger partial charge >= 0.3 is 5.97 Å². The van der Waals surface area contributed by atoms with Crippen LogP contribution in [0, 0.1) is 11.3 Å². The van der Waals surface area contributed by atoms with Crippen LogP contribution in [0.25, 0.3) is 6.08 Å². The number of hydrogen-bond donors (Lipinski definition) is 0. The quantitative estimate of drug-likeness (QED) is 0.698. The van der Waals surface area contributed by atoms with Crippen molar-refractivity contribution in [3.8, 4) is 11.5 Å². The number of esters is 1. The van der Waals surface area contributed by atoms with Crippen molar-refractivity contribution < 1.29 is 28.5 Å². The number of benzene rings is 1. The zero-order valence-corrected chi connectivity index (χ0v) is 18.2. The van der Waals surface area contributed by atoms with Crippen molar-refractivity contribution >= 4 is 12.0 Å². The van der Waals surface area contributed by atoms with Crippen LogP contribution in [0.5, 0.6) is 11.5 Å². The zero-order valence-electron chi connectivity index (χ0n) is 18.2. The SMILES string of the molecule is COc1ccc2c3c1O[C@H]1C4(CC[C@@H](C=C2)[C@@]31CCOC(=O)C(C)(C)C)OCCO4. The molecule has 1 saturated carbocycles. The van der Waals surface area contributed by atoms with Crippen LogP contribution in [0.4, 0.5) is 0 Å². The summed E-state index contributed by atoms with van der Waals surface area (Å²) < 4.78 is 30.4. The van der Waals surface area contributed by atoms with Crippen molar-refractivity contribution in [2.75, 3.05) is 26.9 Å². The first kappa shape index (κ1) is 19.9. The zero-order chi connectivity index (χ0) is 21.1. The van der Waals surface area contributed by atoms with Crippen molar-refractivity contribution in [3.05, 3.63) is 29.3 Å². The number of fused-ring (bicyclic) bond motifs is 1. The van der Waals surface area contributed by atoms with E-state index < -0.39 is 11.2 Å². The average Bonchev–Trinajstić information content (AvgIpc) is 3.32. The van der Waals surface area contributed by atoms with E-state index in [2.05, 4.69) is 18.2 Å². The van der Waals surface area contributed by atoms with E-state index in [-0.39, 0.29) is 23.4 Å². The number of carbonyl (C=O) groups excluding carboxylic acids is 1. The van der Waals surface area contributed by atoms with E-state index in [0.29, 0.717) is 26.2 Å². The summed E-state index contributed by atoms with van der Waals surface area (Å²) in [6.45, 7) is 7.08. The van der Waals surface area contributed by atoms with Gasteiger partial charge in [-0.1, -0.05) is 18.2 Å². The van der Waals surface area contributed by atoms with Crippen LogP contribution in [-0.2, 0) is 24.4 Å². The Labute approximate surface area is 177 Å². The fourth-order valence-corrected chi connectivity index (χ4v) is 5.66. The molecule has 0 aromatic heterocycles. The summed E-state index contributed by atoms with van der Waals surface area (Å²) in [5.41, 5.74) is 1.36. The molecule has 2 heterocycles. The molecule has 1 aromatic carbocycles. The summed E-state index contributed by atoms with van der Waals surface area (Å²) in [5.74, 6) is 0.795. The van der Waals surface area contributed by atoms with Crippen LogP contribution in [0.1, 0.15) is 51.2 Å². The standard InChI is InChI=1S/C24H30O6/c1-22(2,3)21(25)27-12-11-23-16-7-5-15-6-8-17(26-4)19(18(15)23)30-20(23)24(10-9-16)28-13-14-29-24/h5-8,16,20H,9-14H2,1-4H3/t16-,20-,23+/m1/s1. The lowest BCUT2D eigenvalue weighted by atomic mass is 9.56.